The van der Waals surface area contributed by atoms with E-state index in [0.717, 1.165) is 15.5 Å². The Morgan fingerprint density at radius 2 is 1.30 bits per heavy atom. The van der Waals surface area contributed by atoms with Crippen LogP contribution in [0.3, 0.4) is 0 Å². The van der Waals surface area contributed by atoms with E-state index in [1.54, 1.807) is 73.7 Å². The largest absolute Gasteiger partial charge is 0.490 e. The molecule has 240 valence electrons. The van der Waals surface area contributed by atoms with Gasteiger partial charge in [0.1, 0.15) is 37.9 Å². The van der Waals surface area contributed by atoms with Crippen molar-refractivity contribution in [2.75, 3.05) is 26.4 Å². The van der Waals surface area contributed by atoms with Crippen LogP contribution in [-0.4, -0.2) is 44.1 Å². The van der Waals surface area contributed by atoms with Crippen LogP contribution in [-0.2, 0) is 19.1 Å². The maximum Gasteiger partial charge on any atom is 0.333 e. The zero-order chi connectivity index (χ0) is 33.6. The van der Waals surface area contributed by atoms with Crippen molar-refractivity contribution in [2.24, 2.45) is 0 Å². The summed E-state index contributed by atoms with van der Waals surface area (Å²) >= 11 is 1.58. The van der Waals surface area contributed by atoms with Gasteiger partial charge in [-0.1, -0.05) is 55.1 Å². The van der Waals surface area contributed by atoms with Gasteiger partial charge in [0.25, 0.3) is 0 Å². The van der Waals surface area contributed by atoms with Gasteiger partial charge in [-0.15, -0.1) is 11.3 Å². The number of carbonyl (C=O) groups excluding carboxylic acids is 3. The predicted octanol–water partition coefficient (Wildman–Crippen LogP) is 7.33. The van der Waals surface area contributed by atoms with Crippen molar-refractivity contribution < 1.29 is 33.3 Å². The maximum atomic E-state index is 12.6. The van der Waals surface area contributed by atoms with E-state index in [1.165, 1.54) is 0 Å². The SMILES string of the molecule is C/C=C(/C)C(=O)OCCOc1ccc2sc3ccccc3c(=O)c2c1.C=CC(=O)OCCOc1ccc(C(=O)c2ccccc2)cc1. The molecule has 0 unspecified atom stereocenters. The van der Waals surface area contributed by atoms with Crippen molar-refractivity contribution >= 4 is 49.2 Å². The summed E-state index contributed by atoms with van der Waals surface area (Å²) in [5, 5.41) is 1.36. The summed E-state index contributed by atoms with van der Waals surface area (Å²) < 4.78 is 22.8. The van der Waals surface area contributed by atoms with E-state index in [4.69, 9.17) is 18.9 Å². The molecule has 0 spiro atoms. The summed E-state index contributed by atoms with van der Waals surface area (Å²) in [7, 11) is 0. The van der Waals surface area contributed by atoms with E-state index in [9.17, 15) is 19.2 Å². The minimum Gasteiger partial charge on any atom is -0.490 e. The van der Waals surface area contributed by atoms with Gasteiger partial charge in [-0.3, -0.25) is 9.59 Å². The molecule has 0 aliphatic carbocycles. The topological polar surface area (TPSA) is 105 Å². The van der Waals surface area contributed by atoms with Crippen molar-refractivity contribution in [1.29, 1.82) is 0 Å². The number of benzene rings is 4. The summed E-state index contributed by atoms with van der Waals surface area (Å²) in [4.78, 5) is 47.2. The molecule has 8 nitrogen and oxygen atoms in total. The summed E-state index contributed by atoms with van der Waals surface area (Å²) in [6.07, 6.45) is 2.80. The van der Waals surface area contributed by atoms with Gasteiger partial charge in [0.05, 0.1) is 0 Å². The van der Waals surface area contributed by atoms with E-state index in [0.29, 0.717) is 39.0 Å². The van der Waals surface area contributed by atoms with Crippen molar-refractivity contribution in [2.45, 2.75) is 13.8 Å². The number of hydrogen-bond donors (Lipinski definition) is 0. The summed E-state index contributed by atoms with van der Waals surface area (Å²) in [5.41, 5.74) is 1.81. The Bertz CT molecular complexity index is 1940. The number of fused-ring (bicyclic) bond motifs is 2. The molecule has 0 bridgehead atoms. The van der Waals surface area contributed by atoms with Crippen molar-refractivity contribution in [3.63, 3.8) is 0 Å². The minimum absolute atomic E-state index is 0.00457. The number of rotatable bonds is 12. The second-order valence-electron chi connectivity index (χ2n) is 9.98. The number of ketones is 1. The van der Waals surface area contributed by atoms with E-state index < -0.39 is 5.97 Å². The molecule has 0 atom stereocenters. The zero-order valence-corrected chi connectivity index (χ0v) is 26.9. The van der Waals surface area contributed by atoms with E-state index >= 15 is 0 Å². The third-order valence-corrected chi connectivity index (χ3v) is 7.95. The lowest BCUT2D eigenvalue weighted by Crippen LogP contribution is -2.12. The first-order chi connectivity index (χ1) is 22.8. The predicted molar refractivity (Wildman–Crippen MR) is 184 cm³/mol. The lowest BCUT2D eigenvalue weighted by Gasteiger charge is -2.08. The molecule has 0 saturated heterocycles. The first-order valence-corrected chi connectivity index (χ1v) is 15.6. The first-order valence-electron chi connectivity index (χ1n) is 14.8. The second-order valence-corrected chi connectivity index (χ2v) is 11.1. The lowest BCUT2D eigenvalue weighted by atomic mass is 10.0. The molecule has 1 aromatic heterocycles. The fraction of sp³-hybridized carbons (Fsp3) is 0.158. The maximum absolute atomic E-state index is 12.6. The van der Waals surface area contributed by atoms with Gasteiger partial charge in [0.15, 0.2) is 11.2 Å². The van der Waals surface area contributed by atoms with Crippen LogP contribution in [0, 0.1) is 0 Å². The minimum atomic E-state index is -0.479. The highest BCUT2D eigenvalue weighted by Crippen LogP contribution is 2.27. The van der Waals surface area contributed by atoms with Gasteiger partial charge in [0, 0.05) is 42.9 Å². The Morgan fingerprint density at radius 3 is 2.00 bits per heavy atom. The molecule has 1 heterocycles. The fourth-order valence-electron chi connectivity index (χ4n) is 4.22. The highest BCUT2D eigenvalue weighted by atomic mass is 32.1. The van der Waals surface area contributed by atoms with Crippen LogP contribution in [0.5, 0.6) is 11.5 Å². The Hall–Kier alpha value is -5.54. The van der Waals surface area contributed by atoms with Gasteiger partial charge >= 0.3 is 11.9 Å². The molecule has 0 aliphatic heterocycles. The summed E-state index contributed by atoms with van der Waals surface area (Å²) in [6.45, 7) is 7.57. The van der Waals surface area contributed by atoms with E-state index in [2.05, 4.69) is 6.58 Å². The van der Waals surface area contributed by atoms with Gasteiger partial charge in [-0.05, 0) is 68.4 Å². The number of ether oxygens (including phenoxy) is 4. The second kappa shape index (κ2) is 17.2. The molecule has 4 aromatic carbocycles. The molecular formula is C38H34O8S. The first kappa shape index (κ1) is 34.3. The number of hydrogen-bond acceptors (Lipinski definition) is 9. The lowest BCUT2D eigenvalue weighted by molar-refractivity contribution is -0.140. The van der Waals surface area contributed by atoms with Crippen LogP contribution >= 0.6 is 11.3 Å². The highest BCUT2D eigenvalue weighted by Gasteiger charge is 2.09. The molecule has 5 rings (SSSR count). The Labute approximate surface area is 276 Å². The van der Waals surface area contributed by atoms with E-state index in [1.807, 2.05) is 54.6 Å². The third kappa shape index (κ3) is 9.72. The third-order valence-electron chi connectivity index (χ3n) is 6.80. The monoisotopic (exact) mass is 650 g/mol. The fourth-order valence-corrected chi connectivity index (χ4v) is 5.27. The van der Waals surface area contributed by atoms with Crippen LogP contribution in [0.1, 0.15) is 29.8 Å². The van der Waals surface area contributed by atoms with Gasteiger partial charge in [-0.2, -0.15) is 0 Å². The molecule has 0 saturated carbocycles. The Balaban J connectivity index is 0.000000215. The molecule has 0 amide bonds. The van der Waals surface area contributed by atoms with Crippen molar-refractivity contribution in [3.8, 4) is 11.5 Å². The van der Waals surface area contributed by atoms with Gasteiger partial charge < -0.3 is 18.9 Å². The number of esters is 2. The van der Waals surface area contributed by atoms with Crippen molar-refractivity contribution in [3.05, 3.63) is 143 Å². The average Bonchev–Trinajstić information content (AvgIpc) is 3.12. The average molecular weight is 651 g/mol. The standard InChI is InChI=1S/C20H18O4S.C18H16O4/c1-3-13(2)20(22)24-11-10-23-14-8-9-18-16(12-14)19(21)15-6-4-5-7-17(15)25-18;1-2-17(19)22-13-12-21-16-10-8-15(9-11-16)18(20)14-6-4-3-5-7-14/h3-9,12H,10-11H2,1-2H3;2-11H,1,12-13H2/b13-3-;. The van der Waals surface area contributed by atoms with Crippen molar-refractivity contribution in [1.82, 2.24) is 0 Å². The van der Waals surface area contributed by atoms with Crippen LogP contribution < -0.4 is 14.9 Å². The number of carbonyl (C=O) groups is 3. The van der Waals surface area contributed by atoms with Crippen LogP contribution in [0.4, 0.5) is 0 Å². The summed E-state index contributed by atoms with van der Waals surface area (Å²) in [6, 6.07) is 29.0. The summed E-state index contributed by atoms with van der Waals surface area (Å²) in [5.74, 6) is 0.337. The quantitative estimate of drug-likeness (QED) is 0.0455. The molecule has 9 heteroatoms. The Kier molecular flexibility index (Phi) is 12.6. The highest BCUT2D eigenvalue weighted by molar-refractivity contribution is 7.24. The van der Waals surface area contributed by atoms with E-state index in [-0.39, 0.29) is 43.6 Å². The normalized spacial score (nSPS) is 10.8. The van der Waals surface area contributed by atoms with Crippen LogP contribution in [0.2, 0.25) is 0 Å². The molecule has 0 radical (unpaired) electrons. The molecular weight excluding hydrogens is 616 g/mol. The molecule has 5 aromatic rings. The van der Waals surface area contributed by atoms with Gasteiger partial charge in [-0.25, -0.2) is 9.59 Å². The number of allylic oxidation sites excluding steroid dienone is 1. The zero-order valence-electron chi connectivity index (χ0n) is 26.1. The smallest absolute Gasteiger partial charge is 0.333 e. The Morgan fingerprint density at radius 1 is 0.702 bits per heavy atom. The van der Waals surface area contributed by atoms with Gasteiger partial charge in [0.2, 0.25) is 0 Å². The molecule has 0 N–H and O–H groups in total. The van der Waals surface area contributed by atoms with Crippen LogP contribution in [0.15, 0.2) is 126 Å². The molecule has 0 aliphatic rings. The molecule has 0 fully saturated rings. The van der Waals surface area contributed by atoms with Crippen LogP contribution in [0.25, 0.3) is 20.2 Å². The molecule has 47 heavy (non-hydrogen) atoms.